The normalized spacial score (nSPS) is 13.5. The number of aromatic nitrogens is 2. The van der Waals surface area contributed by atoms with Gasteiger partial charge in [-0.1, -0.05) is 6.07 Å². The fourth-order valence-corrected chi connectivity index (χ4v) is 4.38. The molecule has 0 aliphatic carbocycles. The van der Waals surface area contributed by atoms with Gasteiger partial charge in [-0.05, 0) is 54.9 Å². The van der Waals surface area contributed by atoms with Crippen LogP contribution in [0.25, 0.3) is 10.9 Å². The van der Waals surface area contributed by atoms with E-state index >= 15 is 0 Å². The predicted molar refractivity (Wildman–Crippen MR) is 131 cm³/mol. The van der Waals surface area contributed by atoms with Gasteiger partial charge in [0.05, 0.1) is 47.6 Å². The SMILES string of the molecule is COc1cc2c(cc1Nc1cc3c(Nc4cccc(F)c4C(N)=O)cncc3[nH]1)CN(C)CC2. The number of halogens is 1. The molecule has 3 heterocycles. The highest BCUT2D eigenvalue weighted by molar-refractivity contribution is 6.02. The van der Waals surface area contributed by atoms with Gasteiger partial charge >= 0.3 is 0 Å². The van der Waals surface area contributed by atoms with Crippen LogP contribution < -0.4 is 21.1 Å². The van der Waals surface area contributed by atoms with Crippen LogP contribution in [0.15, 0.2) is 48.8 Å². The van der Waals surface area contributed by atoms with Crippen molar-refractivity contribution in [3.8, 4) is 5.75 Å². The Morgan fingerprint density at radius 2 is 2.00 bits per heavy atom. The molecule has 0 saturated carbocycles. The number of methoxy groups -OCH3 is 1. The number of ether oxygens (including phenoxy) is 1. The number of amides is 1. The summed E-state index contributed by atoms with van der Waals surface area (Å²) in [5, 5.41) is 7.33. The number of H-pyrrole nitrogens is 1. The number of carbonyl (C=O) groups excluding carboxylic acids is 1. The molecule has 9 heteroatoms. The maximum Gasteiger partial charge on any atom is 0.253 e. The Morgan fingerprint density at radius 1 is 1.15 bits per heavy atom. The van der Waals surface area contributed by atoms with Gasteiger partial charge < -0.3 is 31.0 Å². The Hall–Kier alpha value is -4.11. The van der Waals surface area contributed by atoms with E-state index < -0.39 is 11.7 Å². The van der Waals surface area contributed by atoms with Crippen molar-refractivity contribution < 1.29 is 13.9 Å². The molecule has 0 spiro atoms. The van der Waals surface area contributed by atoms with Crippen LogP contribution >= 0.6 is 0 Å². The number of hydrogen-bond donors (Lipinski definition) is 4. The van der Waals surface area contributed by atoms with Gasteiger partial charge in [-0.2, -0.15) is 0 Å². The first kappa shape index (κ1) is 21.7. The number of primary amides is 1. The van der Waals surface area contributed by atoms with Gasteiger partial charge in [0.25, 0.3) is 5.91 Å². The highest BCUT2D eigenvalue weighted by atomic mass is 19.1. The number of nitrogens with one attached hydrogen (secondary N) is 3. The second kappa shape index (κ2) is 8.68. The lowest BCUT2D eigenvalue weighted by Gasteiger charge is -2.26. The lowest BCUT2D eigenvalue weighted by atomic mass is 9.99. The molecule has 5 N–H and O–H groups in total. The van der Waals surface area contributed by atoms with Crippen molar-refractivity contribution in [1.82, 2.24) is 14.9 Å². The van der Waals surface area contributed by atoms with Crippen LogP contribution in [0.4, 0.5) is 27.3 Å². The zero-order valence-electron chi connectivity index (χ0n) is 18.9. The quantitative estimate of drug-likeness (QED) is 0.342. The molecule has 0 atom stereocenters. The van der Waals surface area contributed by atoms with E-state index in [9.17, 15) is 9.18 Å². The van der Waals surface area contributed by atoms with Crippen molar-refractivity contribution >= 4 is 39.7 Å². The van der Waals surface area contributed by atoms with Crippen LogP contribution in [-0.2, 0) is 13.0 Å². The molecule has 1 amide bonds. The second-order valence-electron chi connectivity index (χ2n) is 8.42. The Morgan fingerprint density at radius 3 is 2.79 bits per heavy atom. The number of nitrogens with zero attached hydrogens (tertiary/aromatic N) is 2. The summed E-state index contributed by atoms with van der Waals surface area (Å²) >= 11 is 0. The molecular weight excluding hydrogens is 435 g/mol. The summed E-state index contributed by atoms with van der Waals surface area (Å²) in [6.45, 7) is 1.91. The summed E-state index contributed by atoms with van der Waals surface area (Å²) in [6, 6.07) is 10.5. The molecule has 5 rings (SSSR count). The van der Waals surface area contributed by atoms with E-state index in [4.69, 9.17) is 10.5 Å². The zero-order valence-corrected chi connectivity index (χ0v) is 18.9. The third-order valence-corrected chi connectivity index (χ3v) is 6.07. The van der Waals surface area contributed by atoms with Gasteiger partial charge in [0, 0.05) is 18.5 Å². The standard InChI is InChI=1S/C25H25FN6O2/c1-32-7-6-14-9-22(34-2)19(8-15(14)13-32)30-23-10-16-20(11-28-12-21(16)31-23)29-18-5-3-4-17(26)24(18)25(27)33/h3-5,8-12,29-31H,6-7,13H2,1-2H3,(H2,27,33). The molecule has 4 aromatic rings. The molecule has 2 aromatic carbocycles. The van der Waals surface area contributed by atoms with Gasteiger partial charge in [-0.15, -0.1) is 0 Å². The summed E-state index contributed by atoms with van der Waals surface area (Å²) in [5.74, 6) is -0.0198. The molecule has 1 aliphatic rings. The number of benzene rings is 2. The Balaban J connectivity index is 1.49. The minimum atomic E-state index is -0.845. The van der Waals surface area contributed by atoms with Crippen LogP contribution in [0, 0.1) is 5.82 Å². The zero-order chi connectivity index (χ0) is 23.8. The van der Waals surface area contributed by atoms with Crippen molar-refractivity contribution in [3.05, 3.63) is 71.3 Å². The minimum Gasteiger partial charge on any atom is -0.495 e. The first-order valence-electron chi connectivity index (χ1n) is 10.9. The largest absolute Gasteiger partial charge is 0.495 e. The Bertz CT molecular complexity index is 1400. The van der Waals surface area contributed by atoms with Gasteiger partial charge in [0.15, 0.2) is 0 Å². The monoisotopic (exact) mass is 460 g/mol. The predicted octanol–water partition coefficient (Wildman–Crippen LogP) is 4.28. The molecule has 2 aromatic heterocycles. The molecule has 8 nitrogen and oxygen atoms in total. The minimum absolute atomic E-state index is 0.197. The van der Waals surface area contributed by atoms with Crippen molar-refractivity contribution in [2.45, 2.75) is 13.0 Å². The van der Waals surface area contributed by atoms with Gasteiger partial charge in [0.2, 0.25) is 0 Å². The number of likely N-dealkylation sites (N-methyl/N-ethyl adjacent to an activating group) is 1. The number of pyridine rings is 1. The lowest BCUT2D eigenvalue weighted by Crippen LogP contribution is -2.26. The molecule has 0 radical (unpaired) electrons. The van der Waals surface area contributed by atoms with E-state index in [1.807, 2.05) is 6.07 Å². The van der Waals surface area contributed by atoms with Gasteiger partial charge in [0.1, 0.15) is 17.4 Å². The van der Waals surface area contributed by atoms with E-state index in [2.05, 4.69) is 44.7 Å². The van der Waals surface area contributed by atoms with E-state index in [1.54, 1.807) is 25.6 Å². The number of fused-ring (bicyclic) bond motifs is 2. The van der Waals surface area contributed by atoms with Crippen molar-refractivity contribution in [1.29, 1.82) is 0 Å². The molecule has 0 fully saturated rings. The maximum absolute atomic E-state index is 14.2. The van der Waals surface area contributed by atoms with Crippen LogP contribution in [0.3, 0.4) is 0 Å². The molecule has 174 valence electrons. The number of hydrogen-bond acceptors (Lipinski definition) is 6. The van der Waals surface area contributed by atoms with Crippen molar-refractivity contribution in [2.75, 3.05) is 31.3 Å². The maximum atomic E-state index is 14.2. The third kappa shape index (κ3) is 4.01. The first-order valence-corrected chi connectivity index (χ1v) is 10.9. The molecule has 0 bridgehead atoms. The van der Waals surface area contributed by atoms with Crippen LogP contribution in [0.1, 0.15) is 21.5 Å². The number of anilines is 4. The Labute approximate surface area is 195 Å². The first-order chi connectivity index (χ1) is 16.4. The average molecular weight is 461 g/mol. The summed E-state index contributed by atoms with van der Waals surface area (Å²) in [7, 11) is 3.77. The lowest BCUT2D eigenvalue weighted by molar-refractivity contribution is 0.0997. The molecular formula is C25H25FN6O2. The third-order valence-electron chi connectivity index (χ3n) is 6.07. The van der Waals surface area contributed by atoms with Crippen LogP contribution in [0.5, 0.6) is 5.75 Å². The van der Waals surface area contributed by atoms with Crippen LogP contribution in [-0.4, -0.2) is 41.5 Å². The highest BCUT2D eigenvalue weighted by Gasteiger charge is 2.18. The fraction of sp³-hybridized carbons (Fsp3) is 0.200. The number of rotatable bonds is 6. The van der Waals surface area contributed by atoms with Crippen LogP contribution in [0.2, 0.25) is 0 Å². The average Bonchev–Trinajstić information content (AvgIpc) is 3.22. The topological polar surface area (TPSA) is 108 Å². The van der Waals surface area contributed by atoms with E-state index in [1.165, 1.54) is 23.3 Å². The van der Waals surface area contributed by atoms with E-state index in [-0.39, 0.29) is 11.3 Å². The van der Waals surface area contributed by atoms with Gasteiger partial charge in [-0.25, -0.2) is 4.39 Å². The fourth-order valence-electron chi connectivity index (χ4n) is 4.38. The molecule has 0 unspecified atom stereocenters. The van der Waals surface area contributed by atoms with E-state index in [0.717, 1.165) is 47.7 Å². The molecule has 0 saturated heterocycles. The summed E-state index contributed by atoms with van der Waals surface area (Å²) in [5.41, 5.74) is 10.3. The Kier molecular flexibility index (Phi) is 5.54. The van der Waals surface area contributed by atoms with Gasteiger partial charge in [-0.3, -0.25) is 9.78 Å². The molecule has 34 heavy (non-hydrogen) atoms. The summed E-state index contributed by atoms with van der Waals surface area (Å²) < 4.78 is 19.8. The molecule has 1 aliphatic heterocycles. The number of aromatic amines is 1. The van der Waals surface area contributed by atoms with Crippen molar-refractivity contribution in [2.24, 2.45) is 5.73 Å². The van der Waals surface area contributed by atoms with Crippen molar-refractivity contribution in [3.63, 3.8) is 0 Å². The number of carbonyl (C=O) groups is 1. The summed E-state index contributed by atoms with van der Waals surface area (Å²) in [4.78, 5) is 21.6. The second-order valence-corrected chi connectivity index (χ2v) is 8.42. The summed E-state index contributed by atoms with van der Waals surface area (Å²) in [6.07, 6.45) is 4.30. The van der Waals surface area contributed by atoms with E-state index in [0.29, 0.717) is 5.69 Å². The smallest absolute Gasteiger partial charge is 0.253 e. The number of nitrogens with two attached hydrogens (primary N) is 1. The highest BCUT2D eigenvalue weighted by Crippen LogP contribution is 2.35.